The highest BCUT2D eigenvalue weighted by atomic mass is 35.5. The molecule has 4 rings (SSSR count). The predicted octanol–water partition coefficient (Wildman–Crippen LogP) is 3.99. The van der Waals surface area contributed by atoms with Crippen molar-refractivity contribution in [1.82, 2.24) is 15.2 Å². The van der Waals surface area contributed by atoms with Gasteiger partial charge in [0.1, 0.15) is 11.3 Å². The maximum absolute atomic E-state index is 11.6. The molecule has 1 atom stereocenters. The SMILES string of the molecule is Cl.Cl.O=c1[nH]c2c(O)ccc(C(O)CNCCc3cccc(CN4CCCCC4)c3)c2s1. The van der Waals surface area contributed by atoms with Gasteiger partial charge in [-0.15, -0.1) is 24.8 Å². The Kier molecular flexibility index (Phi) is 10.5. The predicted molar refractivity (Wildman–Crippen MR) is 136 cm³/mol. The molecule has 0 radical (unpaired) electrons. The van der Waals surface area contributed by atoms with E-state index < -0.39 is 6.10 Å². The van der Waals surface area contributed by atoms with E-state index in [0.29, 0.717) is 22.3 Å². The van der Waals surface area contributed by atoms with Gasteiger partial charge in [0, 0.05) is 18.7 Å². The Morgan fingerprint density at radius 2 is 1.84 bits per heavy atom. The Morgan fingerprint density at radius 3 is 2.62 bits per heavy atom. The Hall–Kier alpha value is -1.61. The average Bonchev–Trinajstić information content (AvgIpc) is 3.15. The Bertz CT molecular complexity index is 1050. The molecule has 2 heterocycles. The number of halogens is 2. The fourth-order valence-electron chi connectivity index (χ4n) is 4.14. The van der Waals surface area contributed by atoms with Crippen molar-refractivity contribution < 1.29 is 10.2 Å². The highest BCUT2D eigenvalue weighted by Gasteiger charge is 2.16. The maximum Gasteiger partial charge on any atom is 0.305 e. The lowest BCUT2D eigenvalue weighted by Gasteiger charge is -2.26. The van der Waals surface area contributed by atoms with Crippen molar-refractivity contribution in [3.05, 3.63) is 62.8 Å². The van der Waals surface area contributed by atoms with Crippen LogP contribution >= 0.6 is 36.2 Å². The van der Waals surface area contributed by atoms with E-state index in [-0.39, 0.29) is 35.4 Å². The van der Waals surface area contributed by atoms with E-state index in [9.17, 15) is 15.0 Å². The molecule has 0 amide bonds. The van der Waals surface area contributed by atoms with E-state index in [1.807, 2.05) is 0 Å². The second-order valence-electron chi connectivity index (χ2n) is 8.02. The normalized spacial score (nSPS) is 15.2. The highest BCUT2D eigenvalue weighted by Crippen LogP contribution is 2.31. The molecular weight excluding hydrogens is 469 g/mol. The number of phenolic OH excluding ortho intramolecular Hbond substituents is 1. The zero-order valence-corrected chi connectivity index (χ0v) is 20.3. The van der Waals surface area contributed by atoms with Crippen LogP contribution in [0.3, 0.4) is 0 Å². The number of nitrogens with zero attached hydrogens (tertiary/aromatic N) is 1. The standard InChI is InChI=1S/C23H29N3O3S.2ClH/c27-19-8-7-18(22-21(19)25-23(29)30-22)20(28)14-24-10-9-16-5-4-6-17(13-16)15-26-11-2-1-3-12-26;;/h4-8,13,20,24,27-28H,1-3,9-12,14-15H2,(H,25,29);2*1H. The second-order valence-corrected chi connectivity index (χ2v) is 9.00. The minimum absolute atomic E-state index is 0. The molecule has 9 heteroatoms. The van der Waals surface area contributed by atoms with Gasteiger partial charge in [0.05, 0.1) is 10.8 Å². The number of aliphatic hydroxyl groups excluding tert-OH is 1. The molecule has 0 saturated carbocycles. The molecule has 1 aliphatic heterocycles. The maximum atomic E-state index is 11.6. The summed E-state index contributed by atoms with van der Waals surface area (Å²) in [7, 11) is 0. The van der Waals surface area contributed by atoms with Crippen molar-refractivity contribution in [3.8, 4) is 5.75 Å². The molecule has 0 aliphatic carbocycles. The van der Waals surface area contributed by atoms with Crippen LogP contribution in [0, 0.1) is 0 Å². The van der Waals surface area contributed by atoms with Crippen molar-refractivity contribution in [2.75, 3.05) is 26.2 Å². The first-order chi connectivity index (χ1) is 14.6. The lowest BCUT2D eigenvalue weighted by molar-refractivity contribution is 0.176. The van der Waals surface area contributed by atoms with Crippen molar-refractivity contribution in [2.45, 2.75) is 38.3 Å². The summed E-state index contributed by atoms with van der Waals surface area (Å²) in [6.07, 6.45) is 4.11. The van der Waals surface area contributed by atoms with Crippen LogP contribution in [0.15, 0.2) is 41.2 Å². The van der Waals surface area contributed by atoms with Crippen LogP contribution in [0.25, 0.3) is 10.2 Å². The number of aromatic hydroxyl groups is 1. The first kappa shape index (κ1) is 26.6. The average molecular weight is 500 g/mol. The smallest absolute Gasteiger partial charge is 0.305 e. The number of nitrogens with one attached hydrogen (secondary N) is 2. The number of aromatic nitrogens is 1. The summed E-state index contributed by atoms with van der Waals surface area (Å²) in [5, 5.41) is 23.8. The van der Waals surface area contributed by atoms with Gasteiger partial charge in [-0.1, -0.05) is 48.1 Å². The lowest BCUT2D eigenvalue weighted by atomic mass is 10.1. The summed E-state index contributed by atoms with van der Waals surface area (Å²) in [5.41, 5.74) is 3.71. The molecule has 3 aromatic rings. The minimum atomic E-state index is -0.745. The van der Waals surface area contributed by atoms with Gasteiger partial charge in [-0.05, 0) is 56.1 Å². The molecule has 0 spiro atoms. The van der Waals surface area contributed by atoms with Gasteiger partial charge in [0.25, 0.3) is 0 Å². The van der Waals surface area contributed by atoms with Crippen molar-refractivity contribution in [2.24, 2.45) is 0 Å². The molecule has 32 heavy (non-hydrogen) atoms. The molecule has 1 aromatic heterocycles. The van der Waals surface area contributed by atoms with Gasteiger partial charge in [-0.25, -0.2) is 0 Å². The molecule has 1 unspecified atom stereocenters. The van der Waals surface area contributed by atoms with E-state index in [1.54, 1.807) is 6.07 Å². The summed E-state index contributed by atoms with van der Waals surface area (Å²) in [5.74, 6) is 0.0247. The molecule has 0 bridgehead atoms. The third-order valence-electron chi connectivity index (χ3n) is 5.72. The number of likely N-dealkylation sites (tertiary alicyclic amines) is 1. The van der Waals surface area contributed by atoms with Crippen LogP contribution in [0.5, 0.6) is 5.75 Å². The zero-order chi connectivity index (χ0) is 20.9. The molecular formula is C23H31Cl2N3O3S. The lowest BCUT2D eigenvalue weighted by Crippen LogP contribution is -2.29. The fourth-order valence-corrected chi connectivity index (χ4v) is 5.06. The first-order valence-electron chi connectivity index (χ1n) is 10.6. The number of benzene rings is 2. The van der Waals surface area contributed by atoms with Crippen LogP contribution in [-0.4, -0.2) is 46.3 Å². The number of phenols is 1. The number of hydrogen-bond acceptors (Lipinski definition) is 6. The van der Waals surface area contributed by atoms with Crippen molar-refractivity contribution >= 4 is 46.4 Å². The quantitative estimate of drug-likeness (QED) is 0.352. The van der Waals surface area contributed by atoms with Gasteiger partial charge in [-0.3, -0.25) is 9.69 Å². The van der Waals surface area contributed by atoms with Crippen LogP contribution in [0.4, 0.5) is 0 Å². The third kappa shape index (κ3) is 6.70. The van der Waals surface area contributed by atoms with Crippen LogP contribution in [0.1, 0.15) is 42.1 Å². The number of piperidine rings is 1. The number of hydrogen-bond donors (Lipinski definition) is 4. The topological polar surface area (TPSA) is 88.6 Å². The van der Waals surface area contributed by atoms with E-state index in [2.05, 4.69) is 39.5 Å². The number of fused-ring (bicyclic) bond motifs is 1. The molecule has 1 saturated heterocycles. The highest BCUT2D eigenvalue weighted by molar-refractivity contribution is 7.16. The zero-order valence-electron chi connectivity index (χ0n) is 17.9. The number of rotatable bonds is 8. The van der Waals surface area contributed by atoms with Gasteiger partial charge in [0.2, 0.25) is 0 Å². The number of aliphatic hydroxyl groups is 1. The number of H-pyrrole nitrogens is 1. The van der Waals surface area contributed by atoms with E-state index in [4.69, 9.17) is 0 Å². The molecule has 1 fully saturated rings. The molecule has 1 aliphatic rings. The summed E-state index contributed by atoms with van der Waals surface area (Å²) in [6, 6.07) is 12.0. The Balaban J connectivity index is 0.00000181. The van der Waals surface area contributed by atoms with Gasteiger partial charge < -0.3 is 20.5 Å². The van der Waals surface area contributed by atoms with Gasteiger partial charge in [0.15, 0.2) is 0 Å². The minimum Gasteiger partial charge on any atom is -0.506 e. The van der Waals surface area contributed by atoms with E-state index in [0.717, 1.165) is 30.8 Å². The molecule has 6 nitrogen and oxygen atoms in total. The molecule has 2 aromatic carbocycles. The van der Waals surface area contributed by atoms with Crippen LogP contribution in [-0.2, 0) is 13.0 Å². The fraction of sp³-hybridized carbons (Fsp3) is 0.435. The van der Waals surface area contributed by atoms with E-state index in [1.165, 1.54) is 49.5 Å². The summed E-state index contributed by atoms with van der Waals surface area (Å²) >= 11 is 1.01. The van der Waals surface area contributed by atoms with Crippen molar-refractivity contribution in [3.63, 3.8) is 0 Å². The monoisotopic (exact) mass is 499 g/mol. The summed E-state index contributed by atoms with van der Waals surface area (Å²) in [6.45, 7) is 4.57. The summed E-state index contributed by atoms with van der Waals surface area (Å²) in [4.78, 5) is 16.6. The number of thiazole rings is 1. The second kappa shape index (κ2) is 12.6. The number of aromatic amines is 1. The molecule has 4 N–H and O–H groups in total. The largest absolute Gasteiger partial charge is 0.506 e. The van der Waals surface area contributed by atoms with Crippen LogP contribution < -0.4 is 10.2 Å². The summed E-state index contributed by atoms with van der Waals surface area (Å²) < 4.78 is 0.611. The first-order valence-corrected chi connectivity index (χ1v) is 11.5. The molecule has 176 valence electrons. The van der Waals surface area contributed by atoms with Crippen molar-refractivity contribution in [1.29, 1.82) is 0 Å². The third-order valence-corrected chi connectivity index (χ3v) is 6.65. The Morgan fingerprint density at radius 1 is 1.09 bits per heavy atom. The van der Waals surface area contributed by atoms with E-state index >= 15 is 0 Å². The van der Waals surface area contributed by atoms with Crippen LogP contribution in [0.2, 0.25) is 0 Å². The Labute approximate surface area is 204 Å². The van der Waals surface area contributed by atoms with Gasteiger partial charge >= 0.3 is 4.87 Å². The van der Waals surface area contributed by atoms with Gasteiger partial charge in [-0.2, -0.15) is 0 Å².